The van der Waals surface area contributed by atoms with Crippen LogP contribution in [0, 0.1) is 0 Å². The summed E-state index contributed by atoms with van der Waals surface area (Å²) in [6, 6.07) is 7.78. The van der Waals surface area contributed by atoms with Gasteiger partial charge in [-0.25, -0.2) is 13.1 Å². The van der Waals surface area contributed by atoms with E-state index in [-0.39, 0.29) is 5.91 Å². The quantitative estimate of drug-likeness (QED) is 0.491. The van der Waals surface area contributed by atoms with Gasteiger partial charge < -0.3 is 15.3 Å². The van der Waals surface area contributed by atoms with Crippen molar-refractivity contribution in [1.82, 2.24) is 9.62 Å². The number of carbonyl (C=O) groups excluding carboxylic acids is 1. The van der Waals surface area contributed by atoms with Crippen molar-refractivity contribution in [3.63, 3.8) is 0 Å². The molecule has 3 N–H and O–H groups in total. The van der Waals surface area contributed by atoms with Crippen molar-refractivity contribution in [2.24, 2.45) is 0 Å². The summed E-state index contributed by atoms with van der Waals surface area (Å²) in [4.78, 5) is 16.4. The lowest BCUT2D eigenvalue weighted by molar-refractivity contribution is -0.116. The SMILES string of the molecule is CC(C)S(=O)(=O)NCCCCC(=O)Nc1ccc(N2CCN([C@H](C)O)CC2)cc1. The fourth-order valence-corrected chi connectivity index (χ4v) is 3.89. The Kier molecular flexibility index (Phi) is 8.88. The molecular weight excluding hydrogens is 392 g/mol. The summed E-state index contributed by atoms with van der Waals surface area (Å²) in [5.74, 6) is -0.0741. The first-order chi connectivity index (χ1) is 13.7. The average molecular weight is 427 g/mol. The molecule has 0 aliphatic carbocycles. The van der Waals surface area contributed by atoms with Crippen LogP contribution in [0.4, 0.5) is 11.4 Å². The largest absolute Gasteiger partial charge is 0.379 e. The first-order valence-electron chi connectivity index (χ1n) is 10.2. The molecule has 1 fully saturated rings. The summed E-state index contributed by atoms with van der Waals surface area (Å²) >= 11 is 0. The highest BCUT2D eigenvalue weighted by Gasteiger charge is 2.19. The number of nitrogens with one attached hydrogen (secondary N) is 2. The van der Waals surface area contributed by atoms with E-state index in [4.69, 9.17) is 0 Å². The second kappa shape index (κ2) is 10.9. The first-order valence-corrected chi connectivity index (χ1v) is 11.8. The molecule has 1 aromatic rings. The maximum atomic E-state index is 12.1. The van der Waals surface area contributed by atoms with Crippen molar-refractivity contribution in [2.45, 2.75) is 51.5 Å². The van der Waals surface area contributed by atoms with Gasteiger partial charge in [-0.1, -0.05) is 0 Å². The lowest BCUT2D eigenvalue weighted by atomic mass is 10.2. The Morgan fingerprint density at radius 1 is 1.07 bits per heavy atom. The number of aliphatic hydroxyl groups is 1. The van der Waals surface area contributed by atoms with E-state index < -0.39 is 21.5 Å². The molecule has 1 aliphatic heterocycles. The van der Waals surface area contributed by atoms with Crippen molar-refractivity contribution >= 4 is 27.3 Å². The summed E-state index contributed by atoms with van der Waals surface area (Å²) < 4.78 is 25.8. The topological polar surface area (TPSA) is 102 Å². The third-order valence-corrected chi connectivity index (χ3v) is 6.96. The maximum Gasteiger partial charge on any atom is 0.224 e. The molecule has 0 aromatic heterocycles. The predicted octanol–water partition coefficient (Wildman–Crippen LogP) is 1.58. The Bertz CT molecular complexity index is 742. The van der Waals surface area contributed by atoms with Gasteiger partial charge in [0.25, 0.3) is 0 Å². The van der Waals surface area contributed by atoms with Gasteiger partial charge >= 0.3 is 0 Å². The molecule has 0 saturated carbocycles. The Morgan fingerprint density at radius 2 is 1.69 bits per heavy atom. The van der Waals surface area contributed by atoms with Crippen LogP contribution in [0.15, 0.2) is 24.3 Å². The Morgan fingerprint density at radius 3 is 2.24 bits per heavy atom. The number of aliphatic hydroxyl groups excluding tert-OH is 1. The van der Waals surface area contributed by atoms with Gasteiger partial charge in [-0.05, 0) is 57.9 Å². The van der Waals surface area contributed by atoms with Gasteiger partial charge in [0.2, 0.25) is 15.9 Å². The molecule has 164 valence electrons. The molecular formula is C20H34N4O4S. The van der Waals surface area contributed by atoms with E-state index in [0.717, 1.165) is 37.6 Å². The Balaban J connectivity index is 1.69. The number of unbranched alkanes of at least 4 members (excludes halogenated alkanes) is 1. The minimum absolute atomic E-state index is 0.0741. The molecule has 1 amide bonds. The third kappa shape index (κ3) is 7.58. The van der Waals surface area contributed by atoms with Gasteiger partial charge in [-0.3, -0.25) is 9.69 Å². The van der Waals surface area contributed by atoms with E-state index in [9.17, 15) is 18.3 Å². The minimum atomic E-state index is -3.24. The highest BCUT2D eigenvalue weighted by Crippen LogP contribution is 2.20. The van der Waals surface area contributed by atoms with E-state index in [2.05, 4.69) is 14.9 Å². The van der Waals surface area contributed by atoms with Crippen molar-refractivity contribution in [2.75, 3.05) is 42.9 Å². The Labute approximate surface area is 174 Å². The number of amides is 1. The molecule has 0 unspecified atom stereocenters. The fraction of sp³-hybridized carbons (Fsp3) is 0.650. The Hall–Kier alpha value is -1.68. The van der Waals surface area contributed by atoms with Gasteiger partial charge in [0.15, 0.2) is 0 Å². The molecule has 1 saturated heterocycles. The van der Waals surface area contributed by atoms with Gasteiger partial charge in [-0.15, -0.1) is 0 Å². The van der Waals surface area contributed by atoms with E-state index in [1.165, 1.54) is 0 Å². The molecule has 0 bridgehead atoms. The summed E-state index contributed by atoms with van der Waals surface area (Å²) in [5, 5.41) is 12.1. The number of anilines is 2. The van der Waals surface area contributed by atoms with Gasteiger partial charge in [0.1, 0.15) is 6.23 Å². The number of sulfonamides is 1. The molecule has 0 spiro atoms. The summed E-state index contributed by atoms with van der Waals surface area (Å²) in [7, 11) is -3.24. The monoisotopic (exact) mass is 426 g/mol. The van der Waals surface area contributed by atoms with Crippen molar-refractivity contribution in [1.29, 1.82) is 0 Å². The summed E-state index contributed by atoms with van der Waals surface area (Å²) in [6.07, 6.45) is 1.19. The van der Waals surface area contributed by atoms with Crippen LogP contribution in [0.25, 0.3) is 0 Å². The van der Waals surface area contributed by atoms with Crippen LogP contribution in [0.3, 0.4) is 0 Å². The predicted molar refractivity (Wildman–Crippen MR) is 116 cm³/mol. The minimum Gasteiger partial charge on any atom is -0.379 e. The number of hydrogen-bond acceptors (Lipinski definition) is 6. The smallest absolute Gasteiger partial charge is 0.224 e. The third-order valence-electron chi connectivity index (χ3n) is 5.11. The zero-order valence-electron chi connectivity index (χ0n) is 17.6. The first kappa shape index (κ1) is 23.6. The van der Waals surface area contributed by atoms with Crippen LogP contribution in [0.5, 0.6) is 0 Å². The van der Waals surface area contributed by atoms with Crippen LogP contribution in [-0.4, -0.2) is 68.5 Å². The zero-order chi connectivity index (χ0) is 21.4. The second-order valence-corrected chi connectivity index (χ2v) is 10.0. The van der Waals surface area contributed by atoms with E-state index in [1.54, 1.807) is 20.8 Å². The molecule has 9 heteroatoms. The standard InChI is InChI=1S/C20H34N4O4S/c1-16(2)29(27,28)21-11-5-4-6-20(26)22-18-7-9-19(10-8-18)24-14-12-23(13-15-24)17(3)25/h7-10,16-17,21,25H,4-6,11-15H2,1-3H3,(H,22,26)/t17-/m0/s1. The van der Waals surface area contributed by atoms with Crippen LogP contribution >= 0.6 is 0 Å². The lowest BCUT2D eigenvalue weighted by Crippen LogP contribution is -2.49. The second-order valence-electron chi connectivity index (χ2n) is 7.70. The van der Waals surface area contributed by atoms with Crippen molar-refractivity contribution in [3.8, 4) is 0 Å². The highest BCUT2D eigenvalue weighted by atomic mass is 32.2. The van der Waals surface area contributed by atoms with E-state index >= 15 is 0 Å². The molecule has 1 atom stereocenters. The average Bonchev–Trinajstić information content (AvgIpc) is 2.68. The van der Waals surface area contributed by atoms with Gasteiger partial charge in [0, 0.05) is 50.5 Å². The fourth-order valence-electron chi connectivity index (χ4n) is 3.12. The zero-order valence-corrected chi connectivity index (χ0v) is 18.4. The maximum absolute atomic E-state index is 12.1. The highest BCUT2D eigenvalue weighted by molar-refractivity contribution is 7.90. The van der Waals surface area contributed by atoms with Crippen LogP contribution in [-0.2, 0) is 14.8 Å². The number of nitrogens with zero attached hydrogens (tertiary/aromatic N) is 2. The number of hydrogen-bond donors (Lipinski definition) is 3. The number of carbonyl (C=O) groups is 1. The number of benzene rings is 1. The van der Waals surface area contributed by atoms with Crippen molar-refractivity contribution < 1.29 is 18.3 Å². The molecule has 0 radical (unpaired) electrons. The van der Waals surface area contributed by atoms with E-state index in [1.807, 2.05) is 29.2 Å². The lowest BCUT2D eigenvalue weighted by Gasteiger charge is -2.37. The molecule has 29 heavy (non-hydrogen) atoms. The molecule has 1 aromatic carbocycles. The molecule has 2 rings (SSSR count). The summed E-state index contributed by atoms with van der Waals surface area (Å²) in [5.41, 5.74) is 1.85. The van der Waals surface area contributed by atoms with Crippen LogP contribution in [0.2, 0.25) is 0 Å². The van der Waals surface area contributed by atoms with Crippen molar-refractivity contribution in [3.05, 3.63) is 24.3 Å². The molecule has 1 heterocycles. The molecule has 1 aliphatic rings. The van der Waals surface area contributed by atoms with Gasteiger partial charge in [0.05, 0.1) is 5.25 Å². The number of rotatable bonds is 10. The number of piperazine rings is 1. The van der Waals surface area contributed by atoms with Gasteiger partial charge in [-0.2, -0.15) is 0 Å². The van der Waals surface area contributed by atoms with E-state index in [0.29, 0.717) is 25.8 Å². The molecule has 8 nitrogen and oxygen atoms in total. The normalized spacial score (nSPS) is 16.8. The van der Waals surface area contributed by atoms with Crippen LogP contribution < -0.4 is 14.9 Å². The van der Waals surface area contributed by atoms with Crippen LogP contribution in [0.1, 0.15) is 40.0 Å². The summed E-state index contributed by atoms with van der Waals surface area (Å²) in [6.45, 7) is 8.77.